The molecule has 0 amide bonds. The third kappa shape index (κ3) is 2.94. The Morgan fingerprint density at radius 2 is 1.65 bits per heavy atom. The Morgan fingerprint density at radius 3 is 2.35 bits per heavy atom. The van der Waals surface area contributed by atoms with Crippen LogP contribution in [0.5, 0.6) is 0 Å². The van der Waals surface area contributed by atoms with E-state index in [0.29, 0.717) is 0 Å². The highest BCUT2D eigenvalue weighted by molar-refractivity contribution is 5.70. The molecule has 0 radical (unpaired) electrons. The average molecular weight is 225 g/mol. The summed E-state index contributed by atoms with van der Waals surface area (Å²) < 4.78 is 2.03. The standard InChI is InChI=1S/C15H17N2/c1-16(2)15-9-5-4-8-14(15)10-13-17-11-6-3-7-12-17/h3-13H,1-2H3/q+1/b13-10+. The zero-order valence-electron chi connectivity index (χ0n) is 10.2. The van der Waals surface area contributed by atoms with Crippen LogP contribution in [0.3, 0.4) is 0 Å². The maximum Gasteiger partial charge on any atom is 0.175 e. The zero-order chi connectivity index (χ0) is 12.1. The molecule has 1 aromatic heterocycles. The van der Waals surface area contributed by atoms with Crippen molar-refractivity contribution in [3.63, 3.8) is 0 Å². The second-order valence-electron chi connectivity index (χ2n) is 4.09. The van der Waals surface area contributed by atoms with Crippen LogP contribution in [0.4, 0.5) is 5.69 Å². The largest absolute Gasteiger partial charge is 0.377 e. The van der Waals surface area contributed by atoms with E-state index in [2.05, 4.69) is 55.5 Å². The Kier molecular flexibility index (Phi) is 3.55. The number of rotatable bonds is 3. The lowest BCUT2D eigenvalue weighted by Crippen LogP contribution is -2.23. The van der Waals surface area contributed by atoms with Crippen molar-refractivity contribution in [2.24, 2.45) is 0 Å². The maximum atomic E-state index is 2.12. The molecular weight excluding hydrogens is 208 g/mol. The molecule has 1 heterocycles. The first-order chi connectivity index (χ1) is 8.27. The van der Waals surface area contributed by atoms with Gasteiger partial charge in [-0.25, -0.2) is 0 Å². The van der Waals surface area contributed by atoms with E-state index >= 15 is 0 Å². The van der Waals surface area contributed by atoms with Gasteiger partial charge in [0.25, 0.3) is 0 Å². The molecule has 0 saturated heterocycles. The van der Waals surface area contributed by atoms with Crippen molar-refractivity contribution in [3.05, 3.63) is 60.4 Å². The lowest BCUT2D eigenvalue weighted by Gasteiger charge is -2.14. The smallest absolute Gasteiger partial charge is 0.175 e. The summed E-state index contributed by atoms with van der Waals surface area (Å²) in [7, 11) is 4.12. The number of hydrogen-bond donors (Lipinski definition) is 0. The lowest BCUT2D eigenvalue weighted by atomic mass is 10.1. The fourth-order valence-corrected chi connectivity index (χ4v) is 1.71. The molecule has 0 N–H and O–H groups in total. The topological polar surface area (TPSA) is 7.12 Å². The molecule has 2 aromatic rings. The van der Waals surface area contributed by atoms with E-state index in [1.807, 2.05) is 35.2 Å². The van der Waals surface area contributed by atoms with Crippen molar-refractivity contribution in [2.45, 2.75) is 0 Å². The molecule has 1 aromatic carbocycles. The fraction of sp³-hybridized carbons (Fsp3) is 0.133. The van der Waals surface area contributed by atoms with Gasteiger partial charge >= 0.3 is 0 Å². The Hall–Kier alpha value is -2.09. The van der Waals surface area contributed by atoms with E-state index in [4.69, 9.17) is 0 Å². The molecule has 0 fully saturated rings. The molecule has 0 bridgehead atoms. The monoisotopic (exact) mass is 225 g/mol. The molecular formula is C15H17N2+. The van der Waals surface area contributed by atoms with Crippen LogP contribution in [0.15, 0.2) is 54.9 Å². The van der Waals surface area contributed by atoms with Crippen LogP contribution in [-0.2, 0) is 0 Å². The summed E-state index contributed by atoms with van der Waals surface area (Å²) in [6, 6.07) is 14.4. The average Bonchev–Trinajstić information content (AvgIpc) is 2.38. The van der Waals surface area contributed by atoms with E-state index in [9.17, 15) is 0 Å². The molecule has 2 heteroatoms. The van der Waals surface area contributed by atoms with Crippen LogP contribution in [0.2, 0.25) is 0 Å². The summed E-state index contributed by atoms with van der Waals surface area (Å²) in [6.45, 7) is 0. The molecule has 86 valence electrons. The van der Waals surface area contributed by atoms with E-state index in [1.54, 1.807) is 0 Å². The van der Waals surface area contributed by atoms with Gasteiger partial charge in [0, 0.05) is 43.6 Å². The van der Waals surface area contributed by atoms with Gasteiger partial charge in [0.15, 0.2) is 18.6 Å². The van der Waals surface area contributed by atoms with Crippen molar-refractivity contribution in [2.75, 3.05) is 19.0 Å². The number of aromatic nitrogens is 1. The van der Waals surface area contributed by atoms with Crippen LogP contribution < -0.4 is 9.47 Å². The second kappa shape index (κ2) is 5.30. The minimum Gasteiger partial charge on any atom is -0.377 e. The van der Waals surface area contributed by atoms with Gasteiger partial charge in [0.1, 0.15) is 0 Å². The first kappa shape index (κ1) is 11.4. The number of anilines is 1. The van der Waals surface area contributed by atoms with Crippen LogP contribution in [0, 0.1) is 0 Å². The van der Waals surface area contributed by atoms with Crippen molar-refractivity contribution < 1.29 is 4.57 Å². The normalized spacial score (nSPS) is 10.7. The molecule has 0 aliphatic heterocycles. The van der Waals surface area contributed by atoms with E-state index in [1.165, 1.54) is 11.3 Å². The summed E-state index contributed by atoms with van der Waals surface area (Å²) >= 11 is 0. The van der Waals surface area contributed by atoms with Gasteiger partial charge in [0.05, 0.1) is 0 Å². The first-order valence-corrected chi connectivity index (χ1v) is 5.68. The zero-order valence-corrected chi connectivity index (χ0v) is 10.2. The number of para-hydroxylation sites is 1. The number of pyridine rings is 1. The second-order valence-corrected chi connectivity index (χ2v) is 4.09. The summed E-state index contributed by atoms with van der Waals surface area (Å²) in [4.78, 5) is 2.12. The Bertz CT molecular complexity index is 501. The maximum absolute atomic E-state index is 2.12. The predicted octanol–water partition coefficient (Wildman–Crippen LogP) is 2.67. The quantitative estimate of drug-likeness (QED) is 0.728. The first-order valence-electron chi connectivity index (χ1n) is 5.68. The minimum absolute atomic E-state index is 1.22. The number of benzene rings is 1. The highest BCUT2D eigenvalue weighted by Crippen LogP contribution is 2.18. The van der Waals surface area contributed by atoms with Crippen LogP contribution in [-0.4, -0.2) is 14.1 Å². The lowest BCUT2D eigenvalue weighted by molar-refractivity contribution is -0.567. The highest BCUT2D eigenvalue weighted by atomic mass is 15.1. The van der Waals surface area contributed by atoms with Crippen LogP contribution in [0.1, 0.15) is 5.56 Å². The summed E-state index contributed by atoms with van der Waals surface area (Å²) in [5.41, 5.74) is 2.44. The van der Waals surface area contributed by atoms with Gasteiger partial charge in [-0.2, -0.15) is 4.57 Å². The Morgan fingerprint density at radius 1 is 0.941 bits per heavy atom. The predicted molar refractivity (Wildman–Crippen MR) is 72.6 cm³/mol. The number of nitrogens with zero attached hydrogens (tertiary/aromatic N) is 2. The van der Waals surface area contributed by atoms with E-state index in [0.717, 1.165) is 0 Å². The van der Waals surface area contributed by atoms with Gasteiger partial charge in [-0.15, -0.1) is 0 Å². The molecule has 0 aliphatic carbocycles. The summed E-state index contributed by atoms with van der Waals surface area (Å²) in [5.74, 6) is 0. The van der Waals surface area contributed by atoms with Gasteiger partial charge in [0.2, 0.25) is 0 Å². The Labute approximate surface area is 102 Å². The summed E-state index contributed by atoms with van der Waals surface area (Å²) in [5, 5.41) is 0. The molecule has 0 unspecified atom stereocenters. The fourth-order valence-electron chi connectivity index (χ4n) is 1.71. The molecule has 0 saturated carbocycles. The molecule has 0 aliphatic rings. The van der Waals surface area contributed by atoms with Crippen LogP contribution in [0.25, 0.3) is 12.3 Å². The SMILES string of the molecule is CN(C)c1ccccc1/C=C/[n+]1ccccc1. The van der Waals surface area contributed by atoms with Crippen molar-refractivity contribution in [3.8, 4) is 0 Å². The van der Waals surface area contributed by atoms with Gasteiger partial charge in [-0.1, -0.05) is 24.3 Å². The molecule has 0 spiro atoms. The summed E-state index contributed by atoms with van der Waals surface area (Å²) in [6.07, 6.45) is 8.22. The van der Waals surface area contributed by atoms with Gasteiger partial charge < -0.3 is 4.90 Å². The minimum atomic E-state index is 1.22. The number of hydrogen-bond acceptors (Lipinski definition) is 1. The third-order valence-electron chi connectivity index (χ3n) is 2.58. The van der Waals surface area contributed by atoms with Gasteiger partial charge in [-0.3, -0.25) is 0 Å². The third-order valence-corrected chi connectivity index (χ3v) is 2.58. The molecule has 0 atom stereocenters. The van der Waals surface area contributed by atoms with Crippen LogP contribution >= 0.6 is 0 Å². The van der Waals surface area contributed by atoms with E-state index < -0.39 is 0 Å². The highest BCUT2D eigenvalue weighted by Gasteiger charge is 2.00. The Balaban J connectivity index is 2.27. The van der Waals surface area contributed by atoms with Crippen molar-refractivity contribution >= 4 is 18.0 Å². The van der Waals surface area contributed by atoms with Crippen molar-refractivity contribution in [1.29, 1.82) is 0 Å². The van der Waals surface area contributed by atoms with E-state index in [-0.39, 0.29) is 0 Å². The molecule has 2 rings (SSSR count). The van der Waals surface area contributed by atoms with Crippen molar-refractivity contribution in [1.82, 2.24) is 0 Å². The van der Waals surface area contributed by atoms with Gasteiger partial charge in [-0.05, 0) is 6.07 Å². The molecule has 17 heavy (non-hydrogen) atoms. The molecule has 2 nitrogen and oxygen atoms in total.